The summed E-state index contributed by atoms with van der Waals surface area (Å²) in [5.74, 6) is -0.420. The third kappa shape index (κ3) is 3.72. The van der Waals surface area contributed by atoms with Crippen LogP contribution in [0.2, 0.25) is 5.02 Å². The van der Waals surface area contributed by atoms with Crippen molar-refractivity contribution >= 4 is 34.4 Å². The van der Waals surface area contributed by atoms with Crippen LogP contribution >= 0.6 is 11.6 Å². The van der Waals surface area contributed by atoms with Crippen LogP contribution in [0.25, 0.3) is 11.0 Å². The Bertz CT molecular complexity index is 1060. The topological polar surface area (TPSA) is 133 Å². The third-order valence-corrected chi connectivity index (χ3v) is 5.79. The molecule has 9 nitrogen and oxygen atoms in total. The molecule has 1 unspecified atom stereocenters. The average molecular weight is 432 g/mol. The molecule has 0 radical (unpaired) electrons. The molecule has 5 N–H and O–H groups in total. The van der Waals surface area contributed by atoms with Crippen LogP contribution in [0.4, 0.5) is 5.82 Å². The van der Waals surface area contributed by atoms with Gasteiger partial charge in [-0.25, -0.2) is 9.97 Å². The Labute approximate surface area is 177 Å². The first-order valence-corrected chi connectivity index (χ1v) is 9.88. The highest BCUT2D eigenvalue weighted by Gasteiger charge is 2.46. The lowest BCUT2D eigenvalue weighted by Gasteiger charge is -2.22. The number of aliphatic hydroxyl groups excluding tert-OH is 3. The highest BCUT2D eigenvalue weighted by Crippen LogP contribution is 2.43. The monoisotopic (exact) mass is 431 g/mol. The number of benzene rings is 1. The Morgan fingerprint density at radius 3 is 2.63 bits per heavy atom. The highest BCUT2D eigenvalue weighted by molar-refractivity contribution is 6.30. The van der Waals surface area contributed by atoms with Crippen LogP contribution in [0.1, 0.15) is 31.1 Å². The molecule has 1 aliphatic rings. The molecule has 2 aromatic heterocycles. The van der Waals surface area contributed by atoms with Crippen molar-refractivity contribution in [2.45, 2.75) is 37.7 Å². The van der Waals surface area contributed by atoms with Crippen LogP contribution in [0.5, 0.6) is 0 Å². The molecule has 30 heavy (non-hydrogen) atoms. The molecule has 5 atom stereocenters. The summed E-state index contributed by atoms with van der Waals surface area (Å²) in [4.78, 5) is 19.6. The van der Waals surface area contributed by atoms with E-state index < -0.39 is 30.3 Å². The van der Waals surface area contributed by atoms with Gasteiger partial charge < -0.3 is 19.9 Å². The number of nitrogens with one attached hydrogen (secondary N) is 2. The number of hydrazine groups is 1. The number of hydrogen-bond donors (Lipinski definition) is 5. The molecule has 0 bridgehead atoms. The Hall–Kier alpha value is -2.72. The molecule has 1 amide bonds. The molecule has 158 valence electrons. The van der Waals surface area contributed by atoms with E-state index in [1.165, 1.54) is 13.3 Å². The smallest absolute Gasteiger partial charge is 0.235 e. The molecule has 10 heteroatoms. The second-order valence-corrected chi connectivity index (χ2v) is 7.87. The largest absolute Gasteiger partial charge is 0.390 e. The van der Waals surface area contributed by atoms with Crippen molar-refractivity contribution in [1.82, 2.24) is 20.0 Å². The van der Waals surface area contributed by atoms with Crippen LogP contribution in [0.3, 0.4) is 0 Å². The van der Waals surface area contributed by atoms with Gasteiger partial charge in [-0.05, 0) is 30.2 Å². The summed E-state index contributed by atoms with van der Waals surface area (Å²) in [5, 5.41) is 33.4. The third-order valence-electron chi connectivity index (χ3n) is 5.54. The van der Waals surface area contributed by atoms with E-state index in [0.717, 1.165) is 0 Å². The standard InChI is InChI=1S/C20H22ClN5O4/c1-10(27)24-25-19-13-6-7-26(20(13)23-9-22-19)15-8-14(17(29)18(15)30)16(28)11-2-4-12(21)5-3-11/h2-7,9,14-18,28-30H,8H2,1H3,(H,24,27)(H,22,23,25)/t14-,15-,16?,17-,18+/m1/s1. The Morgan fingerprint density at radius 1 is 1.20 bits per heavy atom. The van der Waals surface area contributed by atoms with Crippen molar-refractivity contribution in [1.29, 1.82) is 0 Å². The number of carbonyl (C=O) groups is 1. The number of nitrogens with zero attached hydrogens (tertiary/aromatic N) is 3. The first kappa shape index (κ1) is 20.5. The van der Waals surface area contributed by atoms with Crippen molar-refractivity contribution in [2.75, 3.05) is 5.43 Å². The minimum absolute atomic E-state index is 0.269. The number of aliphatic hydroxyl groups is 3. The Kier molecular flexibility index (Phi) is 5.61. The average Bonchev–Trinajstić information content (AvgIpc) is 3.28. The quantitative estimate of drug-likeness (QED) is 0.387. The van der Waals surface area contributed by atoms with Gasteiger partial charge in [-0.1, -0.05) is 23.7 Å². The van der Waals surface area contributed by atoms with E-state index in [1.807, 2.05) is 0 Å². The first-order chi connectivity index (χ1) is 14.4. The van der Waals surface area contributed by atoms with Crippen molar-refractivity contribution in [3.05, 3.63) is 53.4 Å². The first-order valence-electron chi connectivity index (χ1n) is 9.50. The molecular formula is C20H22ClN5O4. The van der Waals surface area contributed by atoms with Gasteiger partial charge in [0.25, 0.3) is 0 Å². The molecule has 1 saturated carbocycles. The maximum atomic E-state index is 11.2. The van der Waals surface area contributed by atoms with Crippen LogP contribution in [0.15, 0.2) is 42.9 Å². The van der Waals surface area contributed by atoms with Gasteiger partial charge in [-0.2, -0.15) is 0 Å². The van der Waals surface area contributed by atoms with Crippen molar-refractivity contribution in [3.8, 4) is 0 Å². The zero-order valence-corrected chi connectivity index (χ0v) is 16.9. The summed E-state index contributed by atoms with van der Waals surface area (Å²) in [5.41, 5.74) is 6.37. The van der Waals surface area contributed by atoms with Gasteiger partial charge in [0.2, 0.25) is 5.91 Å². The van der Waals surface area contributed by atoms with E-state index in [-0.39, 0.29) is 5.91 Å². The van der Waals surface area contributed by atoms with Crippen LogP contribution < -0.4 is 10.9 Å². The SMILES string of the molecule is CC(=O)NNc1ncnc2c1ccn2[C@@H]1C[C@H](C(O)c2ccc(Cl)cc2)[C@@H](O)[C@H]1O. The van der Waals surface area contributed by atoms with Gasteiger partial charge in [0, 0.05) is 24.1 Å². The van der Waals surface area contributed by atoms with E-state index in [2.05, 4.69) is 20.8 Å². The van der Waals surface area contributed by atoms with E-state index in [1.54, 1.807) is 41.1 Å². The minimum Gasteiger partial charge on any atom is -0.390 e. The maximum Gasteiger partial charge on any atom is 0.235 e. The number of anilines is 1. The minimum atomic E-state index is -1.11. The molecule has 2 heterocycles. The van der Waals surface area contributed by atoms with E-state index in [0.29, 0.717) is 33.9 Å². The summed E-state index contributed by atoms with van der Waals surface area (Å²) >= 11 is 5.91. The summed E-state index contributed by atoms with van der Waals surface area (Å²) < 4.78 is 1.76. The molecule has 0 aliphatic heterocycles. The molecule has 1 fully saturated rings. The summed E-state index contributed by atoms with van der Waals surface area (Å²) in [6, 6.07) is 8.04. The lowest BCUT2D eigenvalue weighted by atomic mass is 9.92. The molecule has 0 spiro atoms. The van der Waals surface area contributed by atoms with Gasteiger partial charge in [0.05, 0.1) is 23.6 Å². The van der Waals surface area contributed by atoms with Crippen LogP contribution in [-0.4, -0.2) is 48.0 Å². The molecule has 1 aromatic carbocycles. The number of fused-ring (bicyclic) bond motifs is 1. The van der Waals surface area contributed by atoms with Crippen LogP contribution in [-0.2, 0) is 4.79 Å². The number of hydrogen-bond acceptors (Lipinski definition) is 7. The van der Waals surface area contributed by atoms with Crippen LogP contribution in [0, 0.1) is 5.92 Å². The second-order valence-electron chi connectivity index (χ2n) is 7.43. The van der Waals surface area contributed by atoms with Gasteiger partial charge >= 0.3 is 0 Å². The van der Waals surface area contributed by atoms with E-state index >= 15 is 0 Å². The van der Waals surface area contributed by atoms with Gasteiger partial charge in [0.1, 0.15) is 18.1 Å². The fraction of sp³-hybridized carbons (Fsp3) is 0.350. The summed E-state index contributed by atoms with van der Waals surface area (Å²) in [7, 11) is 0. The highest BCUT2D eigenvalue weighted by atomic mass is 35.5. The van der Waals surface area contributed by atoms with Gasteiger partial charge in [-0.15, -0.1) is 0 Å². The molecule has 0 saturated heterocycles. The molecular weight excluding hydrogens is 410 g/mol. The van der Waals surface area contributed by atoms with Crippen molar-refractivity contribution in [3.63, 3.8) is 0 Å². The summed E-state index contributed by atoms with van der Waals surface area (Å²) in [6.07, 6.45) is 0.280. The van der Waals surface area contributed by atoms with E-state index in [4.69, 9.17) is 11.6 Å². The van der Waals surface area contributed by atoms with Crippen molar-refractivity contribution in [2.24, 2.45) is 5.92 Å². The van der Waals surface area contributed by atoms with Crippen molar-refractivity contribution < 1.29 is 20.1 Å². The second kappa shape index (κ2) is 8.19. The predicted molar refractivity (Wildman–Crippen MR) is 111 cm³/mol. The Balaban J connectivity index is 1.61. The lowest BCUT2D eigenvalue weighted by Crippen LogP contribution is -2.31. The fourth-order valence-corrected chi connectivity index (χ4v) is 4.15. The number of aromatic nitrogens is 3. The van der Waals surface area contributed by atoms with Gasteiger partial charge in [-0.3, -0.25) is 15.6 Å². The van der Waals surface area contributed by atoms with E-state index in [9.17, 15) is 20.1 Å². The number of rotatable bonds is 5. The zero-order chi connectivity index (χ0) is 21.4. The fourth-order valence-electron chi connectivity index (χ4n) is 4.02. The van der Waals surface area contributed by atoms with Gasteiger partial charge in [0.15, 0.2) is 5.82 Å². The number of carbonyl (C=O) groups excluding carboxylic acids is 1. The number of halogens is 1. The maximum absolute atomic E-state index is 11.2. The predicted octanol–water partition coefficient (Wildman–Crippen LogP) is 1.56. The number of amides is 1. The molecule has 4 rings (SSSR count). The Morgan fingerprint density at radius 2 is 1.93 bits per heavy atom. The normalized spacial score (nSPS) is 24.7. The summed E-state index contributed by atoms with van der Waals surface area (Å²) in [6.45, 7) is 1.37. The molecule has 3 aromatic rings. The zero-order valence-electron chi connectivity index (χ0n) is 16.1. The lowest BCUT2D eigenvalue weighted by molar-refractivity contribution is -0.118. The molecule has 1 aliphatic carbocycles.